The second-order valence-corrected chi connectivity index (χ2v) is 5.60. The predicted octanol–water partition coefficient (Wildman–Crippen LogP) is 2.78. The van der Waals surface area contributed by atoms with E-state index in [9.17, 15) is 0 Å². The number of nitrogens with zero attached hydrogens (tertiary/aromatic N) is 3. The molecular weight excluding hydrogens is 264 g/mol. The van der Waals surface area contributed by atoms with Gasteiger partial charge in [0.2, 0.25) is 0 Å². The summed E-state index contributed by atoms with van der Waals surface area (Å²) in [5.74, 6) is 2.95. The summed E-state index contributed by atoms with van der Waals surface area (Å²) in [4.78, 5) is 11.8. The summed E-state index contributed by atoms with van der Waals surface area (Å²) in [6.45, 7) is 9.09. The summed E-state index contributed by atoms with van der Waals surface area (Å²) in [5.41, 5.74) is 1.13. The fraction of sp³-hybridized carbons (Fsp3) is 0.750. The third-order valence-electron chi connectivity index (χ3n) is 3.96. The number of piperidine rings is 1. The highest BCUT2D eigenvalue weighted by atomic mass is 16.5. The Balaban J connectivity index is 2.26. The quantitative estimate of drug-likeness (QED) is 0.873. The van der Waals surface area contributed by atoms with Crippen molar-refractivity contribution in [2.75, 3.05) is 37.0 Å². The van der Waals surface area contributed by atoms with Crippen LogP contribution in [0.4, 0.5) is 11.6 Å². The number of hydrogen-bond acceptors (Lipinski definition) is 5. The summed E-state index contributed by atoms with van der Waals surface area (Å²) >= 11 is 0. The number of rotatable bonds is 6. The van der Waals surface area contributed by atoms with Gasteiger partial charge in [-0.3, -0.25) is 0 Å². The maximum atomic E-state index is 5.81. The van der Waals surface area contributed by atoms with Gasteiger partial charge in [0.15, 0.2) is 0 Å². The van der Waals surface area contributed by atoms with Gasteiger partial charge >= 0.3 is 0 Å². The number of nitrogens with one attached hydrogen (secondary N) is 1. The van der Waals surface area contributed by atoms with E-state index in [2.05, 4.69) is 36.0 Å². The smallest absolute Gasteiger partial charge is 0.137 e. The fourth-order valence-electron chi connectivity index (χ4n) is 2.94. The maximum Gasteiger partial charge on any atom is 0.137 e. The number of anilines is 2. The Kier molecular flexibility index (Phi) is 5.79. The molecule has 1 aliphatic rings. The average Bonchev–Trinajstić information content (AvgIpc) is 2.49. The van der Waals surface area contributed by atoms with Crippen molar-refractivity contribution in [3.8, 4) is 0 Å². The molecule has 0 spiro atoms. The van der Waals surface area contributed by atoms with E-state index in [1.807, 2.05) is 7.05 Å². The van der Waals surface area contributed by atoms with Crippen molar-refractivity contribution in [1.82, 2.24) is 9.97 Å². The number of aryl methyl sites for hydroxylation is 1. The van der Waals surface area contributed by atoms with Gasteiger partial charge in [-0.1, -0.05) is 6.92 Å². The van der Waals surface area contributed by atoms with E-state index < -0.39 is 0 Å². The highest BCUT2D eigenvalue weighted by Gasteiger charge is 2.23. The first kappa shape index (κ1) is 16.0. The Morgan fingerprint density at radius 2 is 2.14 bits per heavy atom. The lowest BCUT2D eigenvalue weighted by molar-refractivity contribution is 0.0525. The molecule has 0 amide bonds. The minimum atomic E-state index is 0.325. The summed E-state index contributed by atoms with van der Waals surface area (Å²) < 4.78 is 5.81. The molecule has 1 N–H and O–H groups in total. The molecule has 1 unspecified atom stereocenters. The van der Waals surface area contributed by atoms with Crippen molar-refractivity contribution < 1.29 is 4.74 Å². The number of ether oxygens (including phenoxy) is 1. The molecule has 1 atom stereocenters. The van der Waals surface area contributed by atoms with Crippen LogP contribution in [0.2, 0.25) is 0 Å². The number of aromatic nitrogens is 2. The summed E-state index contributed by atoms with van der Waals surface area (Å²) in [6, 6.07) is 0. The van der Waals surface area contributed by atoms with E-state index in [0.717, 1.165) is 68.4 Å². The van der Waals surface area contributed by atoms with Crippen LogP contribution in [0, 0.1) is 6.92 Å². The third kappa shape index (κ3) is 3.84. The first-order chi connectivity index (χ1) is 10.2. The van der Waals surface area contributed by atoms with Crippen molar-refractivity contribution in [3.05, 3.63) is 11.4 Å². The molecule has 0 radical (unpaired) electrons. The fourth-order valence-corrected chi connectivity index (χ4v) is 2.94. The topological polar surface area (TPSA) is 50.3 Å². The van der Waals surface area contributed by atoms with Gasteiger partial charge in [-0.2, -0.15) is 0 Å². The molecule has 2 rings (SSSR count). The van der Waals surface area contributed by atoms with Gasteiger partial charge in [-0.05, 0) is 33.1 Å². The molecule has 0 aliphatic carbocycles. The molecule has 0 bridgehead atoms. The van der Waals surface area contributed by atoms with Crippen LogP contribution < -0.4 is 10.2 Å². The lowest BCUT2D eigenvalue weighted by atomic mass is 10.1. The standard InChI is InChI=1S/C16H28N4O/c1-5-8-14-18-15(17-4)12(3)16(19-14)20-10-7-9-13(11-20)21-6-2/h13H,5-11H2,1-4H3,(H,17,18,19). The van der Waals surface area contributed by atoms with Crippen LogP contribution in [0.3, 0.4) is 0 Å². The van der Waals surface area contributed by atoms with Gasteiger partial charge in [0.05, 0.1) is 6.10 Å². The van der Waals surface area contributed by atoms with Crippen LogP contribution in [0.25, 0.3) is 0 Å². The molecule has 0 saturated carbocycles. The van der Waals surface area contributed by atoms with Gasteiger partial charge < -0.3 is 15.0 Å². The molecule has 1 aliphatic heterocycles. The van der Waals surface area contributed by atoms with Gasteiger partial charge in [0, 0.05) is 38.7 Å². The van der Waals surface area contributed by atoms with Crippen LogP contribution >= 0.6 is 0 Å². The predicted molar refractivity (Wildman–Crippen MR) is 87.2 cm³/mol. The molecule has 1 aromatic heterocycles. The molecule has 1 fully saturated rings. The van der Waals surface area contributed by atoms with Gasteiger partial charge in [-0.15, -0.1) is 0 Å². The lowest BCUT2D eigenvalue weighted by Gasteiger charge is -2.34. The summed E-state index contributed by atoms with van der Waals surface area (Å²) in [5, 5.41) is 3.20. The second-order valence-electron chi connectivity index (χ2n) is 5.60. The van der Waals surface area contributed by atoms with Crippen LogP contribution in [0.5, 0.6) is 0 Å². The van der Waals surface area contributed by atoms with Crippen LogP contribution in [0.15, 0.2) is 0 Å². The lowest BCUT2D eigenvalue weighted by Crippen LogP contribution is -2.40. The molecule has 5 heteroatoms. The van der Waals surface area contributed by atoms with E-state index in [4.69, 9.17) is 9.72 Å². The molecule has 1 saturated heterocycles. The zero-order chi connectivity index (χ0) is 15.2. The van der Waals surface area contributed by atoms with E-state index >= 15 is 0 Å². The largest absolute Gasteiger partial charge is 0.377 e. The van der Waals surface area contributed by atoms with E-state index in [1.54, 1.807) is 0 Å². The maximum absolute atomic E-state index is 5.81. The van der Waals surface area contributed by atoms with Crippen molar-refractivity contribution in [2.24, 2.45) is 0 Å². The minimum absolute atomic E-state index is 0.325. The Morgan fingerprint density at radius 1 is 1.33 bits per heavy atom. The van der Waals surface area contributed by atoms with Crippen molar-refractivity contribution in [2.45, 2.75) is 52.6 Å². The van der Waals surface area contributed by atoms with Crippen LogP contribution in [-0.2, 0) is 11.2 Å². The van der Waals surface area contributed by atoms with Gasteiger partial charge in [-0.25, -0.2) is 9.97 Å². The Morgan fingerprint density at radius 3 is 2.81 bits per heavy atom. The average molecular weight is 292 g/mol. The Labute approximate surface area is 128 Å². The van der Waals surface area contributed by atoms with Crippen LogP contribution in [-0.4, -0.2) is 42.8 Å². The summed E-state index contributed by atoms with van der Waals surface area (Å²) in [6.07, 6.45) is 4.62. The monoisotopic (exact) mass is 292 g/mol. The normalized spacial score (nSPS) is 18.9. The van der Waals surface area contributed by atoms with Gasteiger partial charge in [0.1, 0.15) is 17.5 Å². The highest BCUT2D eigenvalue weighted by Crippen LogP contribution is 2.27. The Bertz CT molecular complexity index is 462. The Hall–Kier alpha value is -1.36. The molecule has 118 valence electrons. The molecule has 2 heterocycles. The second kappa shape index (κ2) is 7.59. The zero-order valence-electron chi connectivity index (χ0n) is 13.8. The molecular formula is C16H28N4O. The molecule has 5 nitrogen and oxygen atoms in total. The van der Waals surface area contributed by atoms with E-state index in [-0.39, 0.29) is 0 Å². The summed E-state index contributed by atoms with van der Waals surface area (Å²) in [7, 11) is 1.92. The van der Waals surface area contributed by atoms with Crippen molar-refractivity contribution >= 4 is 11.6 Å². The van der Waals surface area contributed by atoms with Crippen molar-refractivity contribution in [3.63, 3.8) is 0 Å². The third-order valence-corrected chi connectivity index (χ3v) is 3.96. The first-order valence-corrected chi connectivity index (χ1v) is 8.11. The highest BCUT2D eigenvalue weighted by molar-refractivity contribution is 5.58. The molecule has 0 aromatic carbocycles. The van der Waals surface area contributed by atoms with E-state index in [0.29, 0.717) is 6.10 Å². The van der Waals surface area contributed by atoms with Gasteiger partial charge in [0.25, 0.3) is 0 Å². The zero-order valence-corrected chi connectivity index (χ0v) is 13.8. The minimum Gasteiger partial charge on any atom is -0.377 e. The SMILES string of the molecule is CCCc1nc(NC)c(C)c(N2CCCC(OCC)C2)n1. The molecule has 21 heavy (non-hydrogen) atoms. The first-order valence-electron chi connectivity index (χ1n) is 8.11. The van der Waals surface area contributed by atoms with E-state index in [1.165, 1.54) is 0 Å². The van der Waals surface area contributed by atoms with Crippen LogP contribution in [0.1, 0.15) is 44.5 Å². The van der Waals surface area contributed by atoms with Crippen molar-refractivity contribution in [1.29, 1.82) is 0 Å². The number of hydrogen-bond donors (Lipinski definition) is 1. The molecule has 1 aromatic rings.